The number of aromatic carboxylic acids is 1. The van der Waals surface area contributed by atoms with Gasteiger partial charge in [-0.1, -0.05) is 0 Å². The van der Waals surface area contributed by atoms with Crippen molar-refractivity contribution in [1.29, 1.82) is 0 Å². The first-order chi connectivity index (χ1) is 10.7. The van der Waals surface area contributed by atoms with Crippen molar-refractivity contribution in [2.75, 3.05) is 36.5 Å². The molecule has 1 aromatic heterocycles. The molecular formula is C13H19N5O5. The van der Waals surface area contributed by atoms with Crippen molar-refractivity contribution < 1.29 is 24.2 Å². The third kappa shape index (κ3) is 5.02. The minimum atomic E-state index is -1.31. The summed E-state index contributed by atoms with van der Waals surface area (Å²) < 4.78 is 10.3. The predicted octanol–water partition coefficient (Wildman–Crippen LogP) is 0.753. The number of amides is 1. The van der Waals surface area contributed by atoms with Crippen LogP contribution in [0.4, 0.5) is 16.7 Å². The second kappa shape index (κ2) is 6.73. The van der Waals surface area contributed by atoms with E-state index in [4.69, 9.17) is 14.6 Å². The Morgan fingerprint density at radius 2 is 1.87 bits per heavy atom. The summed E-state index contributed by atoms with van der Waals surface area (Å²) in [7, 11) is 0. The number of morpholine rings is 1. The summed E-state index contributed by atoms with van der Waals surface area (Å²) in [5, 5.41) is 11.4. The van der Waals surface area contributed by atoms with Crippen LogP contribution in [-0.2, 0) is 9.47 Å². The molecule has 2 heterocycles. The highest BCUT2D eigenvalue weighted by molar-refractivity contribution is 5.86. The van der Waals surface area contributed by atoms with Crippen molar-refractivity contribution in [1.82, 2.24) is 15.0 Å². The maximum absolute atomic E-state index is 11.8. The van der Waals surface area contributed by atoms with E-state index in [0.717, 1.165) is 0 Å². The van der Waals surface area contributed by atoms with Gasteiger partial charge in [0.15, 0.2) is 0 Å². The summed E-state index contributed by atoms with van der Waals surface area (Å²) in [4.78, 5) is 36.4. The first-order valence-electron chi connectivity index (χ1n) is 7.07. The summed E-state index contributed by atoms with van der Waals surface area (Å²) >= 11 is 0. The van der Waals surface area contributed by atoms with Crippen LogP contribution in [-0.4, -0.2) is 64.0 Å². The van der Waals surface area contributed by atoms with Crippen LogP contribution in [0, 0.1) is 0 Å². The normalized spacial score (nSPS) is 15.2. The number of rotatable bonds is 3. The van der Waals surface area contributed by atoms with Crippen LogP contribution in [0.15, 0.2) is 0 Å². The molecule has 0 atom stereocenters. The standard InChI is InChI=1S/C13H19N5O5/c1-13(2,3)23-12(21)17-10-14-8(9(19)20)15-11(16-10)18-4-6-22-7-5-18/h4-7H2,1-3H3,(H,19,20)(H,14,15,16,17,21). The smallest absolute Gasteiger partial charge is 0.414 e. The van der Waals surface area contributed by atoms with Crippen LogP contribution < -0.4 is 10.2 Å². The van der Waals surface area contributed by atoms with E-state index in [1.807, 2.05) is 0 Å². The topological polar surface area (TPSA) is 127 Å². The average Bonchev–Trinajstić information content (AvgIpc) is 2.45. The first-order valence-corrected chi connectivity index (χ1v) is 7.07. The molecule has 23 heavy (non-hydrogen) atoms. The van der Waals surface area contributed by atoms with Gasteiger partial charge in [-0.05, 0) is 20.8 Å². The SMILES string of the molecule is CC(C)(C)OC(=O)Nc1nc(C(=O)O)nc(N2CCOCC2)n1. The monoisotopic (exact) mass is 325 g/mol. The van der Waals surface area contributed by atoms with Gasteiger partial charge in [0.2, 0.25) is 17.7 Å². The number of ether oxygens (including phenoxy) is 2. The zero-order valence-electron chi connectivity index (χ0n) is 13.2. The highest BCUT2D eigenvalue weighted by Crippen LogP contribution is 2.14. The molecule has 1 aliphatic rings. The molecule has 0 aromatic carbocycles. The van der Waals surface area contributed by atoms with E-state index in [1.165, 1.54) is 0 Å². The lowest BCUT2D eigenvalue weighted by molar-refractivity contribution is 0.0629. The molecule has 10 heteroatoms. The van der Waals surface area contributed by atoms with Crippen molar-refractivity contribution in [2.24, 2.45) is 0 Å². The number of nitrogens with zero attached hydrogens (tertiary/aromatic N) is 4. The molecule has 0 radical (unpaired) electrons. The van der Waals surface area contributed by atoms with E-state index < -0.39 is 23.5 Å². The fourth-order valence-corrected chi connectivity index (χ4v) is 1.82. The number of aromatic nitrogens is 3. The van der Waals surface area contributed by atoms with Crippen LogP contribution >= 0.6 is 0 Å². The molecule has 0 unspecified atom stereocenters. The molecule has 0 aliphatic carbocycles. The molecule has 10 nitrogen and oxygen atoms in total. The van der Waals surface area contributed by atoms with Crippen molar-refractivity contribution in [2.45, 2.75) is 26.4 Å². The number of carboxylic acid groups (broad SMARTS) is 1. The quantitative estimate of drug-likeness (QED) is 0.827. The van der Waals surface area contributed by atoms with Gasteiger partial charge in [0.25, 0.3) is 0 Å². The lowest BCUT2D eigenvalue weighted by Crippen LogP contribution is -2.38. The predicted molar refractivity (Wildman–Crippen MR) is 79.7 cm³/mol. The van der Waals surface area contributed by atoms with E-state index in [2.05, 4.69) is 20.3 Å². The maximum Gasteiger partial charge on any atom is 0.414 e. The van der Waals surface area contributed by atoms with Crippen molar-refractivity contribution >= 4 is 24.0 Å². The van der Waals surface area contributed by atoms with E-state index in [0.29, 0.717) is 26.3 Å². The van der Waals surface area contributed by atoms with Crippen LogP contribution in [0.2, 0.25) is 0 Å². The Morgan fingerprint density at radius 1 is 1.22 bits per heavy atom. The minimum absolute atomic E-state index is 0.173. The molecule has 2 rings (SSSR count). The van der Waals surface area contributed by atoms with Gasteiger partial charge in [0.1, 0.15) is 5.60 Å². The number of carbonyl (C=O) groups excluding carboxylic acids is 1. The number of nitrogens with one attached hydrogen (secondary N) is 1. The number of hydrogen-bond acceptors (Lipinski definition) is 8. The largest absolute Gasteiger partial charge is 0.475 e. The highest BCUT2D eigenvalue weighted by atomic mass is 16.6. The van der Waals surface area contributed by atoms with Gasteiger partial charge in [-0.15, -0.1) is 0 Å². The Kier molecular flexibility index (Phi) is 4.94. The van der Waals surface area contributed by atoms with Gasteiger partial charge in [-0.3, -0.25) is 5.32 Å². The summed E-state index contributed by atoms with van der Waals surface area (Å²) in [5.74, 6) is -1.76. The van der Waals surface area contributed by atoms with Crippen LogP contribution in [0.25, 0.3) is 0 Å². The molecule has 126 valence electrons. The maximum atomic E-state index is 11.8. The summed E-state index contributed by atoms with van der Waals surface area (Å²) in [6.07, 6.45) is -0.770. The van der Waals surface area contributed by atoms with Gasteiger partial charge >= 0.3 is 12.1 Å². The van der Waals surface area contributed by atoms with Gasteiger partial charge in [0, 0.05) is 13.1 Å². The number of anilines is 2. The van der Waals surface area contributed by atoms with E-state index >= 15 is 0 Å². The number of carbonyl (C=O) groups is 2. The fraction of sp³-hybridized carbons (Fsp3) is 0.615. The fourth-order valence-electron chi connectivity index (χ4n) is 1.82. The molecule has 2 N–H and O–H groups in total. The molecule has 0 bridgehead atoms. The third-order valence-corrected chi connectivity index (χ3v) is 2.72. The summed E-state index contributed by atoms with van der Waals surface area (Å²) in [6.45, 7) is 7.15. The molecule has 0 saturated carbocycles. The van der Waals surface area contributed by atoms with Gasteiger partial charge in [-0.2, -0.15) is 15.0 Å². The Labute approximate surface area is 132 Å². The van der Waals surface area contributed by atoms with Crippen molar-refractivity contribution in [3.8, 4) is 0 Å². The molecule has 1 aromatic rings. The van der Waals surface area contributed by atoms with E-state index in [1.54, 1.807) is 25.7 Å². The van der Waals surface area contributed by atoms with Gasteiger partial charge in [-0.25, -0.2) is 9.59 Å². The molecule has 1 amide bonds. The lowest BCUT2D eigenvalue weighted by Gasteiger charge is -2.27. The third-order valence-electron chi connectivity index (χ3n) is 2.72. The van der Waals surface area contributed by atoms with Gasteiger partial charge in [0.05, 0.1) is 13.2 Å². The number of carboxylic acids is 1. The summed E-state index contributed by atoms with van der Waals surface area (Å²) in [5.41, 5.74) is -0.695. The van der Waals surface area contributed by atoms with Crippen LogP contribution in [0.3, 0.4) is 0 Å². The lowest BCUT2D eigenvalue weighted by atomic mass is 10.2. The zero-order valence-corrected chi connectivity index (χ0v) is 13.2. The Bertz CT molecular complexity index is 595. The average molecular weight is 325 g/mol. The Morgan fingerprint density at radius 3 is 2.43 bits per heavy atom. The molecular weight excluding hydrogens is 306 g/mol. The molecule has 1 aliphatic heterocycles. The van der Waals surface area contributed by atoms with Crippen LogP contribution in [0.1, 0.15) is 31.4 Å². The summed E-state index contributed by atoms with van der Waals surface area (Å²) in [6, 6.07) is 0. The van der Waals surface area contributed by atoms with Crippen molar-refractivity contribution in [3.63, 3.8) is 0 Å². The molecule has 0 spiro atoms. The van der Waals surface area contributed by atoms with Gasteiger partial charge < -0.3 is 19.5 Å². The second-order valence-corrected chi connectivity index (χ2v) is 5.81. The van der Waals surface area contributed by atoms with E-state index in [9.17, 15) is 9.59 Å². The van der Waals surface area contributed by atoms with E-state index in [-0.39, 0.29) is 11.9 Å². The highest BCUT2D eigenvalue weighted by Gasteiger charge is 2.21. The minimum Gasteiger partial charge on any atom is -0.475 e. The first kappa shape index (κ1) is 16.9. The van der Waals surface area contributed by atoms with Crippen molar-refractivity contribution in [3.05, 3.63) is 5.82 Å². The molecule has 1 fully saturated rings. The van der Waals surface area contributed by atoms with Crippen LogP contribution in [0.5, 0.6) is 0 Å². The number of hydrogen-bond donors (Lipinski definition) is 2. The Hall–Kier alpha value is -2.49. The zero-order chi connectivity index (χ0) is 17.0. The Balaban J connectivity index is 2.22. The molecule has 1 saturated heterocycles. The second-order valence-electron chi connectivity index (χ2n) is 5.81.